The molecule has 0 spiro atoms. The van der Waals surface area contributed by atoms with E-state index in [-0.39, 0.29) is 12.5 Å². The molecule has 1 aliphatic rings. The monoisotopic (exact) mass is 345 g/mol. The van der Waals surface area contributed by atoms with Gasteiger partial charge in [-0.05, 0) is 24.6 Å². The van der Waals surface area contributed by atoms with Crippen LogP contribution in [0.4, 0.5) is 5.69 Å². The summed E-state index contributed by atoms with van der Waals surface area (Å²) in [5.74, 6) is -0.0486. The Labute approximate surface area is 136 Å². The van der Waals surface area contributed by atoms with E-state index < -0.39 is 10.0 Å². The molecular weight excluding hydrogens is 326 g/mol. The molecule has 1 N–H and O–H groups in total. The van der Waals surface area contributed by atoms with Crippen LogP contribution in [0.1, 0.15) is 5.56 Å². The fourth-order valence-electron chi connectivity index (χ4n) is 2.34. The van der Waals surface area contributed by atoms with Crippen LogP contribution in [0.3, 0.4) is 0 Å². The number of hydrogen-bond donors (Lipinski definition) is 1. The van der Waals surface area contributed by atoms with Crippen molar-refractivity contribution in [2.24, 2.45) is 0 Å². The zero-order valence-electron chi connectivity index (χ0n) is 12.7. The van der Waals surface area contributed by atoms with E-state index in [2.05, 4.69) is 5.32 Å². The van der Waals surface area contributed by atoms with Crippen molar-refractivity contribution in [1.82, 2.24) is 9.21 Å². The fourth-order valence-corrected chi connectivity index (χ4v) is 3.34. The predicted octanol–water partition coefficient (Wildman–Crippen LogP) is 1.16. The lowest BCUT2D eigenvalue weighted by atomic mass is 10.2. The Bertz CT molecular complexity index is 655. The van der Waals surface area contributed by atoms with Gasteiger partial charge in [-0.25, -0.2) is 8.42 Å². The topological polar surface area (TPSA) is 69.7 Å². The molecule has 1 aliphatic heterocycles. The molecule has 1 aromatic rings. The number of aryl methyl sites for hydroxylation is 1. The predicted molar refractivity (Wildman–Crippen MR) is 87.7 cm³/mol. The number of rotatable bonds is 4. The summed E-state index contributed by atoms with van der Waals surface area (Å²) in [7, 11) is -3.18. The number of carbonyl (C=O) groups is 1. The van der Waals surface area contributed by atoms with Crippen LogP contribution in [-0.4, -0.2) is 62.5 Å². The van der Waals surface area contributed by atoms with Crippen LogP contribution in [-0.2, 0) is 14.8 Å². The van der Waals surface area contributed by atoms with Gasteiger partial charge in [0, 0.05) is 36.9 Å². The van der Waals surface area contributed by atoms with E-state index in [1.807, 2.05) is 13.0 Å². The van der Waals surface area contributed by atoms with Gasteiger partial charge >= 0.3 is 0 Å². The smallest absolute Gasteiger partial charge is 0.241 e. The molecule has 0 atom stereocenters. The molecule has 0 radical (unpaired) electrons. The molecule has 8 heteroatoms. The Balaban J connectivity index is 1.87. The van der Waals surface area contributed by atoms with Crippen molar-refractivity contribution in [3.05, 3.63) is 28.8 Å². The first-order chi connectivity index (χ1) is 10.3. The first-order valence-electron chi connectivity index (χ1n) is 7.00. The maximum absolute atomic E-state index is 12.2. The third-order valence-corrected chi connectivity index (χ3v) is 5.23. The zero-order valence-corrected chi connectivity index (χ0v) is 14.2. The van der Waals surface area contributed by atoms with E-state index in [1.165, 1.54) is 10.6 Å². The number of sulfonamides is 1. The summed E-state index contributed by atoms with van der Waals surface area (Å²) in [5.41, 5.74) is 1.84. The number of hydrogen-bond acceptors (Lipinski definition) is 4. The van der Waals surface area contributed by atoms with Gasteiger partial charge in [-0.2, -0.15) is 4.31 Å². The molecule has 0 bridgehead atoms. The number of nitrogens with one attached hydrogen (secondary N) is 1. The molecular formula is C14H20ClN3O3S. The minimum atomic E-state index is -3.18. The van der Waals surface area contributed by atoms with Gasteiger partial charge in [-0.15, -0.1) is 0 Å². The normalized spacial score (nSPS) is 16.6. The number of benzene rings is 1. The average Bonchev–Trinajstić information content (AvgIpc) is 2.47. The second kappa shape index (κ2) is 6.85. The van der Waals surface area contributed by atoms with Crippen LogP contribution in [0, 0.1) is 6.92 Å². The molecule has 1 amide bonds. The van der Waals surface area contributed by atoms with Crippen molar-refractivity contribution in [3.63, 3.8) is 0 Å². The van der Waals surface area contributed by atoms with E-state index in [4.69, 9.17) is 11.6 Å². The first-order valence-corrected chi connectivity index (χ1v) is 9.23. The van der Waals surface area contributed by atoms with E-state index in [0.717, 1.165) is 11.3 Å². The van der Waals surface area contributed by atoms with Crippen LogP contribution in [0.5, 0.6) is 0 Å². The van der Waals surface area contributed by atoms with Crippen molar-refractivity contribution >= 4 is 33.2 Å². The lowest BCUT2D eigenvalue weighted by Gasteiger charge is -2.33. The van der Waals surface area contributed by atoms with Crippen molar-refractivity contribution < 1.29 is 13.2 Å². The Morgan fingerprint density at radius 3 is 2.50 bits per heavy atom. The van der Waals surface area contributed by atoms with Crippen molar-refractivity contribution in [2.45, 2.75) is 6.92 Å². The van der Waals surface area contributed by atoms with E-state index in [9.17, 15) is 13.2 Å². The van der Waals surface area contributed by atoms with Gasteiger partial charge in [0.15, 0.2) is 0 Å². The van der Waals surface area contributed by atoms with Gasteiger partial charge in [-0.3, -0.25) is 4.79 Å². The summed E-state index contributed by atoms with van der Waals surface area (Å²) >= 11 is 5.94. The highest BCUT2D eigenvalue weighted by Gasteiger charge is 2.25. The molecule has 1 aromatic carbocycles. The Hall–Kier alpha value is -1.31. The van der Waals surface area contributed by atoms with Crippen molar-refractivity contribution in [1.29, 1.82) is 0 Å². The number of piperazine rings is 1. The minimum Gasteiger partial charge on any atom is -0.376 e. The summed E-state index contributed by atoms with van der Waals surface area (Å²) in [6.07, 6.45) is 1.19. The van der Waals surface area contributed by atoms with Crippen molar-refractivity contribution in [2.75, 3.05) is 44.3 Å². The van der Waals surface area contributed by atoms with Crippen LogP contribution in [0.25, 0.3) is 0 Å². The third-order valence-electron chi connectivity index (χ3n) is 3.69. The van der Waals surface area contributed by atoms with Gasteiger partial charge in [0.2, 0.25) is 15.9 Å². The van der Waals surface area contributed by atoms with Gasteiger partial charge in [0.1, 0.15) is 0 Å². The van der Waals surface area contributed by atoms with E-state index >= 15 is 0 Å². The Kier molecular flexibility index (Phi) is 5.31. The molecule has 6 nitrogen and oxygen atoms in total. The third kappa shape index (κ3) is 4.34. The second-order valence-corrected chi connectivity index (χ2v) is 7.77. The van der Waals surface area contributed by atoms with Crippen LogP contribution in [0.2, 0.25) is 5.02 Å². The van der Waals surface area contributed by atoms with Crippen molar-refractivity contribution in [3.8, 4) is 0 Å². The van der Waals surface area contributed by atoms with E-state index in [1.54, 1.807) is 17.0 Å². The molecule has 1 fully saturated rings. The highest BCUT2D eigenvalue weighted by atomic mass is 35.5. The van der Waals surface area contributed by atoms with E-state index in [0.29, 0.717) is 31.2 Å². The van der Waals surface area contributed by atoms with Crippen LogP contribution < -0.4 is 5.32 Å². The molecule has 2 rings (SSSR count). The molecule has 1 heterocycles. The highest BCUT2D eigenvalue weighted by Crippen LogP contribution is 2.20. The first kappa shape index (κ1) is 17.1. The fraction of sp³-hybridized carbons (Fsp3) is 0.500. The molecule has 1 saturated heterocycles. The Morgan fingerprint density at radius 2 is 1.91 bits per heavy atom. The van der Waals surface area contributed by atoms with Gasteiger partial charge < -0.3 is 10.2 Å². The maximum atomic E-state index is 12.2. The summed E-state index contributed by atoms with van der Waals surface area (Å²) < 4.78 is 24.3. The number of nitrogens with zero attached hydrogens (tertiary/aromatic N) is 2. The summed E-state index contributed by atoms with van der Waals surface area (Å²) in [6.45, 7) is 3.64. The molecule has 0 saturated carbocycles. The number of carbonyl (C=O) groups excluding carboxylic acids is 1. The molecule has 122 valence electrons. The molecule has 0 aromatic heterocycles. The molecule has 0 aliphatic carbocycles. The summed E-state index contributed by atoms with van der Waals surface area (Å²) in [5, 5.41) is 3.70. The molecule has 22 heavy (non-hydrogen) atoms. The van der Waals surface area contributed by atoms with Gasteiger partial charge in [-0.1, -0.05) is 17.7 Å². The number of halogens is 1. The summed E-state index contributed by atoms with van der Waals surface area (Å²) in [4.78, 5) is 13.9. The van der Waals surface area contributed by atoms with Gasteiger partial charge in [0.05, 0.1) is 12.8 Å². The standard InChI is InChI=1S/C14H20ClN3O3S/c1-11-3-4-12(15)9-13(11)16-10-14(19)17-5-7-18(8-6-17)22(2,20)21/h3-4,9,16H,5-8,10H2,1-2H3. The molecule has 0 unspecified atom stereocenters. The lowest BCUT2D eigenvalue weighted by Crippen LogP contribution is -2.51. The zero-order chi connectivity index (χ0) is 16.3. The number of amides is 1. The lowest BCUT2D eigenvalue weighted by molar-refractivity contribution is -0.130. The SMILES string of the molecule is Cc1ccc(Cl)cc1NCC(=O)N1CCN(S(C)(=O)=O)CC1. The largest absolute Gasteiger partial charge is 0.376 e. The quantitative estimate of drug-likeness (QED) is 0.889. The summed E-state index contributed by atoms with van der Waals surface area (Å²) in [6, 6.07) is 5.47. The number of anilines is 1. The maximum Gasteiger partial charge on any atom is 0.241 e. The van der Waals surface area contributed by atoms with Crippen LogP contribution in [0.15, 0.2) is 18.2 Å². The van der Waals surface area contributed by atoms with Gasteiger partial charge in [0.25, 0.3) is 0 Å². The Morgan fingerprint density at radius 1 is 1.27 bits per heavy atom. The highest BCUT2D eigenvalue weighted by molar-refractivity contribution is 7.88. The minimum absolute atomic E-state index is 0.0486. The van der Waals surface area contributed by atoms with Crippen LogP contribution >= 0.6 is 11.6 Å². The second-order valence-electron chi connectivity index (χ2n) is 5.36. The average molecular weight is 346 g/mol.